The third-order valence-corrected chi connectivity index (χ3v) is 11.9. The van der Waals surface area contributed by atoms with Crippen LogP contribution in [0.5, 0.6) is 0 Å². The molecular weight excluding hydrogens is 833 g/mol. The molecule has 0 unspecified atom stereocenters. The summed E-state index contributed by atoms with van der Waals surface area (Å²) >= 11 is 3.57. The lowest BCUT2D eigenvalue weighted by molar-refractivity contribution is 0.553. The molecule has 0 aliphatic carbocycles. The Balaban J connectivity index is 0.000000156. The van der Waals surface area contributed by atoms with E-state index in [0.717, 1.165) is 84.1 Å². The summed E-state index contributed by atoms with van der Waals surface area (Å²) in [6.07, 6.45) is 6.94. The summed E-state index contributed by atoms with van der Waals surface area (Å²) in [6.45, 7) is 14.2. The fraction of sp³-hybridized carbons (Fsp3) is 0.204. The van der Waals surface area contributed by atoms with Crippen LogP contribution in [-0.4, -0.2) is 43.0 Å². The third-order valence-electron chi connectivity index (χ3n) is 11.5. The Bertz CT molecular complexity index is 3080. The molecule has 2 aliphatic rings. The lowest BCUT2D eigenvalue weighted by atomic mass is 9.91. The molecule has 6 aromatic heterocycles. The summed E-state index contributed by atoms with van der Waals surface area (Å²) in [5.74, 6) is -0.638. The monoisotopic (exact) mass is 871 g/mol. The Morgan fingerprint density at radius 3 is 1.56 bits per heavy atom. The molecule has 0 bridgehead atoms. The molecule has 10 rings (SSSR count). The Hall–Kier alpha value is -6.71. The molecule has 0 atom stereocenters. The topological polar surface area (TPSA) is 108 Å². The predicted molar refractivity (Wildman–Crippen MR) is 240 cm³/mol. The van der Waals surface area contributed by atoms with Crippen LogP contribution in [-0.2, 0) is 10.8 Å². The Labute approximate surface area is 361 Å². The maximum Gasteiger partial charge on any atom is 0.125 e. The van der Waals surface area contributed by atoms with Gasteiger partial charge in [-0.15, -0.1) is 0 Å². The van der Waals surface area contributed by atoms with Crippen molar-refractivity contribution in [3.8, 4) is 28.8 Å². The van der Waals surface area contributed by atoms with E-state index in [0.29, 0.717) is 28.8 Å². The second-order valence-corrected chi connectivity index (χ2v) is 17.7. The number of rotatable bonds is 4. The van der Waals surface area contributed by atoms with Crippen LogP contribution in [0.4, 0.5) is 31.5 Å². The summed E-state index contributed by atoms with van der Waals surface area (Å²) in [4.78, 5) is 32.3. The molecule has 0 spiro atoms. The van der Waals surface area contributed by atoms with Crippen molar-refractivity contribution < 1.29 is 8.78 Å². The number of benzene rings is 2. The molecule has 61 heavy (non-hydrogen) atoms. The van der Waals surface area contributed by atoms with Crippen molar-refractivity contribution in [1.29, 1.82) is 5.26 Å². The number of anilines is 4. The molecular formula is C49H40BrF2N9. The fourth-order valence-electron chi connectivity index (χ4n) is 8.74. The van der Waals surface area contributed by atoms with Crippen molar-refractivity contribution in [3.05, 3.63) is 154 Å². The highest BCUT2D eigenvalue weighted by atomic mass is 79.9. The van der Waals surface area contributed by atoms with Crippen LogP contribution in [0.15, 0.2) is 114 Å². The van der Waals surface area contributed by atoms with E-state index in [4.69, 9.17) is 15.0 Å². The normalized spacial score (nSPS) is 14.7. The number of nitriles is 1. The number of pyridine rings is 6. The van der Waals surface area contributed by atoms with Gasteiger partial charge in [0, 0.05) is 87.2 Å². The number of hydrogen-bond donors (Lipinski definition) is 0. The summed E-state index contributed by atoms with van der Waals surface area (Å²) in [7, 11) is 0. The van der Waals surface area contributed by atoms with Gasteiger partial charge in [-0.25, -0.2) is 18.7 Å². The maximum absolute atomic E-state index is 14.1. The fourth-order valence-corrected chi connectivity index (χ4v) is 9.06. The van der Waals surface area contributed by atoms with Gasteiger partial charge in [-0.1, -0.05) is 39.8 Å². The quantitative estimate of drug-likeness (QED) is 0.171. The number of hydrogen-bond acceptors (Lipinski definition) is 9. The predicted octanol–water partition coefficient (Wildman–Crippen LogP) is 11.8. The maximum atomic E-state index is 14.1. The highest BCUT2D eigenvalue weighted by Crippen LogP contribution is 2.49. The second-order valence-electron chi connectivity index (χ2n) is 16.8. The Kier molecular flexibility index (Phi) is 9.82. The van der Waals surface area contributed by atoms with E-state index in [-0.39, 0.29) is 22.5 Å². The lowest BCUT2D eigenvalue weighted by Gasteiger charge is -2.26. The van der Waals surface area contributed by atoms with Gasteiger partial charge in [0.2, 0.25) is 0 Å². The van der Waals surface area contributed by atoms with Crippen LogP contribution in [0.1, 0.15) is 55.8 Å². The van der Waals surface area contributed by atoms with Crippen molar-refractivity contribution in [1.82, 2.24) is 29.9 Å². The molecule has 0 radical (unpaired) electrons. The molecule has 0 amide bonds. The summed E-state index contributed by atoms with van der Waals surface area (Å²) in [5.41, 5.74) is 12.2. The SMILES string of the molecule is Cc1c(-c2ccccn2)nc2cc(F)ccc2c1N1CC(C)(C)c2ncc(Br)cc21.Cc1c(-c2ccccn2)nc2cc(F)ccc2c1N1CC(C)(C)c2ncc(C#N)cc21. The second kappa shape index (κ2) is 15.1. The smallest absolute Gasteiger partial charge is 0.125 e. The first-order valence-electron chi connectivity index (χ1n) is 19.9. The summed E-state index contributed by atoms with van der Waals surface area (Å²) in [5, 5.41) is 11.2. The van der Waals surface area contributed by atoms with Gasteiger partial charge in [-0.05, 0) is 90.4 Å². The van der Waals surface area contributed by atoms with Gasteiger partial charge < -0.3 is 9.80 Å². The molecule has 2 aliphatic heterocycles. The van der Waals surface area contributed by atoms with E-state index >= 15 is 0 Å². The van der Waals surface area contributed by atoms with Crippen molar-refractivity contribution in [3.63, 3.8) is 0 Å². The van der Waals surface area contributed by atoms with E-state index in [1.807, 2.05) is 61.7 Å². The van der Waals surface area contributed by atoms with Crippen LogP contribution >= 0.6 is 15.9 Å². The molecule has 0 saturated heterocycles. The number of nitrogens with zero attached hydrogens (tertiary/aromatic N) is 9. The number of aromatic nitrogens is 6. The van der Waals surface area contributed by atoms with E-state index < -0.39 is 0 Å². The van der Waals surface area contributed by atoms with Gasteiger partial charge in [0.05, 0.1) is 73.5 Å². The summed E-state index contributed by atoms with van der Waals surface area (Å²) < 4.78 is 29.2. The van der Waals surface area contributed by atoms with E-state index in [9.17, 15) is 14.0 Å². The van der Waals surface area contributed by atoms with Gasteiger partial charge in [-0.2, -0.15) is 5.26 Å². The molecule has 0 N–H and O–H groups in total. The summed E-state index contributed by atoms with van der Waals surface area (Å²) in [6, 6.07) is 27.1. The van der Waals surface area contributed by atoms with Gasteiger partial charge in [0.15, 0.2) is 0 Å². The zero-order chi connectivity index (χ0) is 42.8. The minimum atomic E-state index is -0.336. The van der Waals surface area contributed by atoms with Crippen LogP contribution in [0.2, 0.25) is 0 Å². The third kappa shape index (κ3) is 7.02. The largest absolute Gasteiger partial charge is 0.338 e. The van der Waals surface area contributed by atoms with Gasteiger partial charge >= 0.3 is 0 Å². The van der Waals surface area contributed by atoms with E-state index in [2.05, 4.69) is 87.4 Å². The van der Waals surface area contributed by atoms with Gasteiger partial charge in [0.25, 0.3) is 0 Å². The zero-order valence-corrected chi connectivity index (χ0v) is 36.1. The molecule has 302 valence electrons. The van der Waals surface area contributed by atoms with Crippen LogP contribution in [0.25, 0.3) is 44.6 Å². The number of halogens is 3. The van der Waals surface area contributed by atoms with Gasteiger partial charge in [-0.3, -0.25) is 19.9 Å². The van der Waals surface area contributed by atoms with Crippen molar-refractivity contribution in [2.75, 3.05) is 22.9 Å². The zero-order valence-electron chi connectivity index (χ0n) is 34.5. The highest BCUT2D eigenvalue weighted by molar-refractivity contribution is 9.10. The average Bonchev–Trinajstić information content (AvgIpc) is 3.67. The van der Waals surface area contributed by atoms with E-state index in [1.165, 1.54) is 24.3 Å². The van der Waals surface area contributed by atoms with Crippen molar-refractivity contribution in [2.24, 2.45) is 0 Å². The van der Waals surface area contributed by atoms with Gasteiger partial charge in [0.1, 0.15) is 17.7 Å². The molecule has 0 fully saturated rings. The van der Waals surface area contributed by atoms with Crippen LogP contribution in [0, 0.1) is 36.8 Å². The standard InChI is InChI=1S/C25H20FN5.C24H20BrFN4/c1-15-22(19-6-4-5-9-28-19)30-20-11-17(26)7-8-18(20)23(15)31-14-25(2,3)24-21(31)10-16(12-27)13-29-24;1-14-21(18-6-4-5-9-27-18)29-19-11-16(26)7-8-17(19)22(14)30-13-24(2,3)23-20(30)10-15(25)12-28-23/h4-11,13H,14H2,1-3H3;4-12H,13H2,1-3H3. The van der Waals surface area contributed by atoms with Crippen molar-refractivity contribution in [2.45, 2.75) is 52.4 Å². The lowest BCUT2D eigenvalue weighted by Crippen LogP contribution is -2.26. The molecule has 0 saturated carbocycles. The molecule has 8 aromatic rings. The van der Waals surface area contributed by atoms with Crippen LogP contribution < -0.4 is 9.80 Å². The Morgan fingerprint density at radius 1 is 0.623 bits per heavy atom. The van der Waals surface area contributed by atoms with E-state index in [1.54, 1.807) is 24.7 Å². The van der Waals surface area contributed by atoms with Crippen molar-refractivity contribution >= 4 is 60.5 Å². The molecule has 9 nitrogen and oxygen atoms in total. The first-order valence-corrected chi connectivity index (χ1v) is 20.7. The average molecular weight is 873 g/mol. The first kappa shape index (κ1) is 39.7. The highest BCUT2D eigenvalue weighted by Gasteiger charge is 2.40. The minimum absolute atomic E-state index is 0.122. The molecule has 12 heteroatoms. The molecule has 2 aromatic carbocycles. The first-order chi connectivity index (χ1) is 29.2. The minimum Gasteiger partial charge on any atom is -0.338 e. The van der Waals surface area contributed by atoms with Crippen LogP contribution in [0.3, 0.4) is 0 Å². The Morgan fingerprint density at radius 2 is 1.10 bits per heavy atom. The number of fused-ring (bicyclic) bond motifs is 4. The molecule has 8 heterocycles.